The molecule has 0 amide bonds. The van der Waals surface area contributed by atoms with Crippen molar-refractivity contribution >= 4 is 15.9 Å². The molecule has 0 radical (unpaired) electrons. The molecule has 0 N–H and O–H groups in total. The molecule has 1 fully saturated rings. The minimum atomic E-state index is -0.190. The topological polar surface area (TPSA) is 18.5 Å². The lowest BCUT2D eigenvalue weighted by Crippen LogP contribution is -2.34. The van der Waals surface area contributed by atoms with E-state index in [9.17, 15) is 0 Å². The Balaban J connectivity index is 2.08. The Morgan fingerprint density at radius 2 is 1.89 bits per heavy atom. The Hall–Kier alpha value is -0.380. The SMILES string of the molecule is CC1(C)COC(c2ccccc2CCCBr)OC1. The van der Waals surface area contributed by atoms with Gasteiger partial charge in [-0.15, -0.1) is 0 Å². The Bertz CT molecular complexity index is 380. The molecule has 100 valence electrons. The Morgan fingerprint density at radius 3 is 2.56 bits per heavy atom. The highest BCUT2D eigenvalue weighted by atomic mass is 79.9. The third kappa shape index (κ3) is 3.56. The molecule has 0 saturated carbocycles. The van der Waals surface area contributed by atoms with Crippen LogP contribution in [0.5, 0.6) is 0 Å². The fourth-order valence-electron chi connectivity index (χ4n) is 2.12. The zero-order valence-corrected chi connectivity index (χ0v) is 12.7. The molecule has 0 aliphatic carbocycles. The van der Waals surface area contributed by atoms with E-state index < -0.39 is 0 Å². The van der Waals surface area contributed by atoms with Gasteiger partial charge in [0.1, 0.15) is 0 Å². The smallest absolute Gasteiger partial charge is 0.184 e. The van der Waals surface area contributed by atoms with Gasteiger partial charge in [-0.3, -0.25) is 0 Å². The first-order valence-corrected chi connectivity index (χ1v) is 7.61. The summed E-state index contributed by atoms with van der Waals surface area (Å²) in [5, 5.41) is 1.03. The van der Waals surface area contributed by atoms with Gasteiger partial charge in [0, 0.05) is 16.3 Å². The molecule has 1 saturated heterocycles. The highest BCUT2D eigenvalue weighted by molar-refractivity contribution is 9.09. The van der Waals surface area contributed by atoms with Crippen LogP contribution in [0.3, 0.4) is 0 Å². The maximum atomic E-state index is 5.87. The van der Waals surface area contributed by atoms with Crippen molar-refractivity contribution < 1.29 is 9.47 Å². The predicted molar refractivity (Wildman–Crippen MR) is 77.0 cm³/mol. The molecule has 0 bridgehead atoms. The van der Waals surface area contributed by atoms with Crippen molar-refractivity contribution in [2.45, 2.75) is 33.0 Å². The molecule has 1 heterocycles. The fraction of sp³-hybridized carbons (Fsp3) is 0.600. The number of hydrogen-bond acceptors (Lipinski definition) is 2. The molecule has 1 aromatic carbocycles. The van der Waals surface area contributed by atoms with Gasteiger partial charge in [-0.05, 0) is 18.4 Å². The third-order valence-corrected chi connectivity index (χ3v) is 3.70. The van der Waals surface area contributed by atoms with Crippen molar-refractivity contribution in [3.8, 4) is 0 Å². The van der Waals surface area contributed by atoms with Crippen LogP contribution in [0.4, 0.5) is 0 Å². The van der Waals surface area contributed by atoms with Crippen LogP contribution in [0.2, 0.25) is 0 Å². The Morgan fingerprint density at radius 1 is 1.22 bits per heavy atom. The number of halogens is 1. The van der Waals surface area contributed by atoms with E-state index >= 15 is 0 Å². The fourth-order valence-corrected chi connectivity index (χ4v) is 2.40. The lowest BCUT2D eigenvalue weighted by Gasteiger charge is -2.35. The van der Waals surface area contributed by atoms with Crippen molar-refractivity contribution in [3.63, 3.8) is 0 Å². The summed E-state index contributed by atoms with van der Waals surface area (Å²) in [7, 11) is 0. The first-order valence-electron chi connectivity index (χ1n) is 6.49. The van der Waals surface area contributed by atoms with Gasteiger partial charge in [-0.2, -0.15) is 0 Å². The van der Waals surface area contributed by atoms with Gasteiger partial charge in [-0.1, -0.05) is 54.0 Å². The summed E-state index contributed by atoms with van der Waals surface area (Å²) in [6.07, 6.45) is 2.01. The average molecular weight is 313 g/mol. The van der Waals surface area contributed by atoms with Gasteiger partial charge >= 0.3 is 0 Å². The van der Waals surface area contributed by atoms with Gasteiger partial charge < -0.3 is 9.47 Å². The average Bonchev–Trinajstić information content (AvgIpc) is 2.37. The number of benzene rings is 1. The molecule has 1 aliphatic heterocycles. The van der Waals surface area contributed by atoms with Crippen molar-refractivity contribution in [3.05, 3.63) is 35.4 Å². The molecule has 0 atom stereocenters. The van der Waals surface area contributed by atoms with E-state index in [1.165, 1.54) is 11.1 Å². The van der Waals surface area contributed by atoms with E-state index in [4.69, 9.17) is 9.47 Å². The zero-order chi connectivity index (χ0) is 13.0. The highest BCUT2D eigenvalue weighted by Crippen LogP contribution is 2.32. The lowest BCUT2D eigenvalue weighted by molar-refractivity contribution is -0.226. The first-order chi connectivity index (χ1) is 8.62. The summed E-state index contributed by atoms with van der Waals surface area (Å²) >= 11 is 3.48. The maximum absolute atomic E-state index is 5.87. The monoisotopic (exact) mass is 312 g/mol. The van der Waals surface area contributed by atoms with Gasteiger partial charge in [0.2, 0.25) is 0 Å². The van der Waals surface area contributed by atoms with Crippen LogP contribution in [0, 0.1) is 5.41 Å². The quantitative estimate of drug-likeness (QED) is 0.780. The van der Waals surface area contributed by atoms with Crippen LogP contribution in [0.25, 0.3) is 0 Å². The van der Waals surface area contributed by atoms with Crippen LogP contribution in [-0.2, 0) is 15.9 Å². The Kier molecular flexibility index (Phi) is 4.82. The third-order valence-electron chi connectivity index (χ3n) is 3.14. The van der Waals surface area contributed by atoms with Gasteiger partial charge in [0.25, 0.3) is 0 Å². The largest absolute Gasteiger partial charge is 0.348 e. The van der Waals surface area contributed by atoms with Crippen LogP contribution < -0.4 is 0 Å². The summed E-state index contributed by atoms with van der Waals surface area (Å²) in [5.41, 5.74) is 2.65. The second-order valence-electron chi connectivity index (χ2n) is 5.61. The number of rotatable bonds is 4. The van der Waals surface area contributed by atoms with E-state index in [1.807, 2.05) is 0 Å². The van der Waals surface area contributed by atoms with E-state index in [2.05, 4.69) is 54.0 Å². The highest BCUT2D eigenvalue weighted by Gasteiger charge is 2.29. The van der Waals surface area contributed by atoms with Gasteiger partial charge in [0.15, 0.2) is 6.29 Å². The molecule has 2 rings (SSSR count). The molecule has 3 heteroatoms. The molecular formula is C15H21BrO2. The lowest BCUT2D eigenvalue weighted by atomic mass is 9.95. The maximum Gasteiger partial charge on any atom is 0.184 e. The van der Waals surface area contributed by atoms with E-state index in [0.717, 1.165) is 31.4 Å². The van der Waals surface area contributed by atoms with Crippen LogP contribution in [-0.4, -0.2) is 18.5 Å². The summed E-state index contributed by atoms with van der Waals surface area (Å²) < 4.78 is 11.7. The van der Waals surface area contributed by atoms with E-state index in [0.29, 0.717) is 0 Å². The molecule has 18 heavy (non-hydrogen) atoms. The first kappa shape index (κ1) is 14.0. The predicted octanol–water partition coefficient (Wildman–Crippen LogP) is 4.09. The minimum Gasteiger partial charge on any atom is -0.348 e. The number of hydrogen-bond donors (Lipinski definition) is 0. The van der Waals surface area contributed by atoms with Crippen molar-refractivity contribution in [1.82, 2.24) is 0 Å². The molecule has 0 unspecified atom stereocenters. The Labute approximate surface area is 118 Å². The zero-order valence-electron chi connectivity index (χ0n) is 11.1. The molecule has 0 spiro atoms. The standard InChI is InChI=1S/C15H21BrO2/c1-15(2)10-17-14(18-11-15)13-8-4-3-6-12(13)7-5-9-16/h3-4,6,8,14H,5,7,9-11H2,1-2H3. The van der Waals surface area contributed by atoms with Crippen molar-refractivity contribution in [2.75, 3.05) is 18.5 Å². The van der Waals surface area contributed by atoms with E-state index in [-0.39, 0.29) is 11.7 Å². The van der Waals surface area contributed by atoms with Gasteiger partial charge in [-0.25, -0.2) is 0 Å². The van der Waals surface area contributed by atoms with Crippen LogP contribution in [0.1, 0.15) is 37.7 Å². The molecule has 1 aliphatic rings. The number of alkyl halides is 1. The second-order valence-corrected chi connectivity index (χ2v) is 6.40. The second kappa shape index (κ2) is 6.18. The van der Waals surface area contributed by atoms with E-state index in [1.54, 1.807) is 0 Å². The minimum absolute atomic E-state index is 0.126. The van der Waals surface area contributed by atoms with Crippen molar-refractivity contribution in [1.29, 1.82) is 0 Å². The van der Waals surface area contributed by atoms with Crippen LogP contribution >= 0.6 is 15.9 Å². The summed E-state index contributed by atoms with van der Waals surface area (Å²) in [6.45, 7) is 5.84. The number of ether oxygens (including phenoxy) is 2. The summed E-state index contributed by atoms with van der Waals surface area (Å²) in [6, 6.07) is 8.43. The van der Waals surface area contributed by atoms with Crippen LogP contribution in [0.15, 0.2) is 24.3 Å². The molecule has 1 aromatic rings. The molecule has 0 aromatic heterocycles. The van der Waals surface area contributed by atoms with Crippen molar-refractivity contribution in [2.24, 2.45) is 5.41 Å². The summed E-state index contributed by atoms with van der Waals surface area (Å²) in [5.74, 6) is 0. The molecule has 2 nitrogen and oxygen atoms in total. The molecular weight excluding hydrogens is 292 g/mol. The normalized spacial score (nSPS) is 19.9. The summed E-state index contributed by atoms with van der Waals surface area (Å²) in [4.78, 5) is 0. The number of aryl methyl sites for hydroxylation is 1. The van der Waals surface area contributed by atoms with Gasteiger partial charge in [0.05, 0.1) is 13.2 Å².